The van der Waals surface area contributed by atoms with Gasteiger partial charge >= 0.3 is 6.18 Å². The molecular formula is C50H45Cl2F3N2O6. The normalized spacial score (nSPS) is 16.2. The molecule has 0 fully saturated rings. The molecule has 2 aliphatic heterocycles. The third kappa shape index (κ3) is 11.1. The summed E-state index contributed by atoms with van der Waals surface area (Å²) in [6, 6.07) is 40.1. The average Bonchev–Trinajstić information content (AvgIpc) is 3.29. The van der Waals surface area contributed by atoms with E-state index in [-0.39, 0.29) is 24.5 Å². The number of nitrogens with zero attached hydrogens (tertiary/aromatic N) is 1. The predicted octanol–water partition coefficient (Wildman–Crippen LogP) is 11.7. The maximum Gasteiger partial charge on any atom is 0.416 e. The lowest BCUT2D eigenvalue weighted by molar-refractivity contribution is -0.137. The maximum atomic E-state index is 14.1. The van der Waals surface area contributed by atoms with E-state index in [0.717, 1.165) is 57.5 Å². The van der Waals surface area contributed by atoms with Gasteiger partial charge in [0.15, 0.2) is 17.6 Å². The molecule has 0 bridgehead atoms. The number of rotatable bonds is 12. The molecule has 0 saturated carbocycles. The van der Waals surface area contributed by atoms with E-state index in [0.29, 0.717) is 72.0 Å². The Hall–Kier alpha value is -6.01. The number of fused-ring (bicyclic) bond motifs is 2. The van der Waals surface area contributed by atoms with Gasteiger partial charge in [0.1, 0.15) is 19.0 Å². The molecule has 6 aromatic rings. The second kappa shape index (κ2) is 20.4. The number of hydrogen-bond acceptors (Lipinski definition) is 6. The van der Waals surface area contributed by atoms with Crippen LogP contribution in [-0.2, 0) is 41.8 Å². The highest BCUT2D eigenvalue weighted by molar-refractivity contribution is 6.42. The molecule has 0 spiro atoms. The standard InChI is InChI=1S/C49H43Cl2F3N2O4.CH2O2/c1-2-43(35-6-4-3-5-7-35)56-28-38-27-46-45(59-30-47(60-46)36-15-19-40(20-16-36)58-29-32-10-21-41(50)42(51)24-32)26-37(38)25-44(56)48(57)55-23-22-31-8-11-33(12-9-31)34-13-17-39(18-14-34)49(52,53)54;2-1-3/h3-21,24,26-27,43-44,47H,2,22-23,25,28-30H2,1H3,(H,55,57);1H,(H,2,3). The maximum absolute atomic E-state index is 14.1. The second-order valence-corrected chi connectivity index (χ2v) is 16.1. The van der Waals surface area contributed by atoms with E-state index in [2.05, 4.69) is 35.3 Å². The van der Waals surface area contributed by atoms with Crippen LogP contribution in [0.15, 0.2) is 133 Å². The first kappa shape index (κ1) is 45.0. The van der Waals surface area contributed by atoms with Crippen molar-refractivity contribution in [3.8, 4) is 28.4 Å². The quantitative estimate of drug-likeness (QED) is 0.118. The zero-order valence-electron chi connectivity index (χ0n) is 34.3. The molecule has 2 N–H and O–H groups in total. The topological polar surface area (TPSA) is 97.3 Å². The lowest BCUT2D eigenvalue weighted by Gasteiger charge is -2.41. The van der Waals surface area contributed by atoms with Crippen LogP contribution >= 0.6 is 23.2 Å². The summed E-state index contributed by atoms with van der Waals surface area (Å²) >= 11 is 12.2. The summed E-state index contributed by atoms with van der Waals surface area (Å²) in [6.45, 7) is 3.58. The molecule has 0 aliphatic carbocycles. The van der Waals surface area contributed by atoms with Gasteiger partial charge in [-0.2, -0.15) is 13.2 Å². The summed E-state index contributed by atoms with van der Waals surface area (Å²) in [5, 5.41) is 11.1. The molecule has 0 saturated heterocycles. The lowest BCUT2D eigenvalue weighted by atomic mass is 9.89. The molecule has 0 radical (unpaired) electrons. The third-order valence-electron chi connectivity index (χ3n) is 11.2. The van der Waals surface area contributed by atoms with E-state index in [1.165, 1.54) is 12.1 Å². The summed E-state index contributed by atoms with van der Waals surface area (Å²) in [5.74, 6) is 2.00. The minimum atomic E-state index is -4.37. The van der Waals surface area contributed by atoms with Crippen molar-refractivity contribution in [1.29, 1.82) is 0 Å². The number of carbonyl (C=O) groups is 2. The Morgan fingerprint density at radius 2 is 1.51 bits per heavy atom. The summed E-state index contributed by atoms with van der Waals surface area (Å²) < 4.78 is 58.0. The molecule has 8 nitrogen and oxygen atoms in total. The van der Waals surface area contributed by atoms with Crippen LogP contribution in [0.3, 0.4) is 0 Å². The van der Waals surface area contributed by atoms with E-state index in [1.54, 1.807) is 12.1 Å². The van der Waals surface area contributed by atoms with Crippen molar-refractivity contribution >= 4 is 35.6 Å². The van der Waals surface area contributed by atoms with Crippen molar-refractivity contribution in [1.82, 2.24) is 10.2 Å². The molecule has 8 rings (SSSR count). The molecule has 2 heterocycles. The molecule has 2 aliphatic rings. The number of benzene rings is 6. The summed E-state index contributed by atoms with van der Waals surface area (Å²) in [6.07, 6.45) is -2.76. The number of alkyl halides is 3. The number of nitrogens with one attached hydrogen (secondary N) is 1. The van der Waals surface area contributed by atoms with Crippen LogP contribution in [0.25, 0.3) is 11.1 Å². The van der Waals surface area contributed by atoms with Crippen LogP contribution in [0, 0.1) is 0 Å². The molecule has 0 aromatic heterocycles. The number of halogens is 5. The second-order valence-electron chi connectivity index (χ2n) is 15.2. The Morgan fingerprint density at radius 3 is 2.16 bits per heavy atom. The highest BCUT2D eigenvalue weighted by atomic mass is 35.5. The van der Waals surface area contributed by atoms with Gasteiger partial charge in [-0.25, -0.2) is 0 Å². The smallest absolute Gasteiger partial charge is 0.416 e. The number of hydrogen-bond donors (Lipinski definition) is 2. The van der Waals surface area contributed by atoms with Crippen molar-refractivity contribution in [3.05, 3.63) is 182 Å². The molecule has 6 aromatic carbocycles. The van der Waals surface area contributed by atoms with E-state index in [9.17, 15) is 18.0 Å². The van der Waals surface area contributed by atoms with Gasteiger partial charge in [0.2, 0.25) is 5.91 Å². The van der Waals surface area contributed by atoms with Crippen LogP contribution in [0.5, 0.6) is 17.2 Å². The number of amides is 1. The summed E-state index contributed by atoms with van der Waals surface area (Å²) in [7, 11) is 0. The Kier molecular flexibility index (Phi) is 14.6. The molecule has 3 unspecified atom stereocenters. The highest BCUT2D eigenvalue weighted by Crippen LogP contribution is 2.43. The largest absolute Gasteiger partial charge is 0.489 e. The summed E-state index contributed by atoms with van der Waals surface area (Å²) in [4.78, 5) is 24.8. The van der Waals surface area contributed by atoms with E-state index < -0.39 is 17.8 Å². The van der Waals surface area contributed by atoms with Gasteiger partial charge in [-0.05, 0) is 112 Å². The van der Waals surface area contributed by atoms with Crippen molar-refractivity contribution in [3.63, 3.8) is 0 Å². The van der Waals surface area contributed by atoms with Crippen LogP contribution < -0.4 is 19.5 Å². The van der Waals surface area contributed by atoms with Gasteiger partial charge in [-0.3, -0.25) is 14.5 Å². The molecule has 326 valence electrons. The van der Waals surface area contributed by atoms with Crippen molar-refractivity contribution in [2.45, 2.75) is 63.7 Å². The fourth-order valence-electron chi connectivity index (χ4n) is 7.98. The average molecular weight is 898 g/mol. The fraction of sp³-hybridized carbons (Fsp3) is 0.240. The predicted molar refractivity (Wildman–Crippen MR) is 237 cm³/mol. The van der Waals surface area contributed by atoms with Crippen LogP contribution in [-0.4, -0.2) is 41.6 Å². The Morgan fingerprint density at radius 1 is 0.857 bits per heavy atom. The molecular weight excluding hydrogens is 852 g/mol. The fourth-order valence-corrected chi connectivity index (χ4v) is 8.30. The van der Waals surface area contributed by atoms with E-state index in [1.807, 2.05) is 78.9 Å². The van der Waals surface area contributed by atoms with Gasteiger partial charge in [-0.1, -0.05) is 115 Å². The lowest BCUT2D eigenvalue weighted by Crippen LogP contribution is -2.51. The molecule has 1 amide bonds. The Bertz CT molecular complexity index is 2490. The number of carbonyl (C=O) groups excluding carboxylic acids is 1. The first-order chi connectivity index (χ1) is 30.4. The van der Waals surface area contributed by atoms with Crippen LogP contribution in [0.1, 0.15) is 64.4 Å². The van der Waals surface area contributed by atoms with Gasteiger partial charge in [0, 0.05) is 19.1 Å². The van der Waals surface area contributed by atoms with Crippen LogP contribution in [0.4, 0.5) is 13.2 Å². The van der Waals surface area contributed by atoms with Gasteiger partial charge in [0.05, 0.1) is 21.7 Å². The van der Waals surface area contributed by atoms with Gasteiger partial charge < -0.3 is 24.6 Å². The highest BCUT2D eigenvalue weighted by Gasteiger charge is 2.37. The minimum absolute atomic E-state index is 0.00574. The summed E-state index contributed by atoms with van der Waals surface area (Å²) in [5.41, 5.74) is 7.04. The minimum Gasteiger partial charge on any atom is -0.489 e. The molecule has 13 heteroatoms. The van der Waals surface area contributed by atoms with Crippen LogP contribution in [0.2, 0.25) is 10.0 Å². The van der Waals surface area contributed by atoms with Gasteiger partial charge in [-0.15, -0.1) is 0 Å². The van der Waals surface area contributed by atoms with E-state index in [4.69, 9.17) is 47.3 Å². The van der Waals surface area contributed by atoms with Crippen molar-refractivity contribution in [2.24, 2.45) is 0 Å². The Labute approximate surface area is 374 Å². The SMILES string of the molecule is CCC(c1ccccc1)N1Cc2cc3c(cc2CC1C(=O)NCCc1ccc(-c2ccc(C(F)(F)F)cc2)cc1)OCC(c1ccc(OCc2ccc(Cl)c(Cl)c2)cc1)O3.O=CO. The zero-order chi connectivity index (χ0) is 44.5. The molecule has 63 heavy (non-hydrogen) atoms. The van der Waals surface area contributed by atoms with Gasteiger partial charge in [0.25, 0.3) is 6.47 Å². The number of ether oxygens (including phenoxy) is 3. The first-order valence-electron chi connectivity index (χ1n) is 20.5. The monoisotopic (exact) mass is 896 g/mol. The first-order valence-corrected chi connectivity index (χ1v) is 21.2. The molecule has 3 atom stereocenters. The third-order valence-corrected chi connectivity index (χ3v) is 12.0. The van der Waals surface area contributed by atoms with E-state index >= 15 is 0 Å². The van der Waals surface area contributed by atoms with Crippen molar-refractivity contribution in [2.75, 3.05) is 13.2 Å². The Balaban J connectivity index is 0.00000193. The zero-order valence-corrected chi connectivity index (χ0v) is 35.8. The number of carboxylic acid groups (broad SMARTS) is 1. The van der Waals surface area contributed by atoms with Crippen molar-refractivity contribution < 1.29 is 42.1 Å².